The second-order valence-electron chi connectivity index (χ2n) is 14.8. The molecular weight excluding hydrogens is 772 g/mol. The van der Waals surface area contributed by atoms with Gasteiger partial charge in [-0.1, -0.05) is 0 Å². The first-order valence-corrected chi connectivity index (χ1v) is 18.7. The van der Waals surface area contributed by atoms with Crippen molar-refractivity contribution in [3.8, 4) is 17.2 Å². The number of aliphatic hydroxyl groups excluding tert-OH is 4. The molecule has 1 aromatic heterocycles. The number of nitrogens with two attached hydrogens (primary N) is 2. The number of nitrogens with one attached hydrogen (secondary N) is 1. The van der Waals surface area contributed by atoms with E-state index in [1.54, 1.807) is 0 Å². The number of ether oxygens (including phenoxy) is 3. The van der Waals surface area contributed by atoms with Gasteiger partial charge in [-0.15, -0.1) is 0 Å². The Balaban J connectivity index is 1.26. The molecule has 0 bridgehead atoms. The topological polar surface area (TPSA) is 310 Å². The van der Waals surface area contributed by atoms with Crippen LogP contribution in [-0.2, 0) is 27.4 Å². The number of benzene rings is 2. The summed E-state index contributed by atoms with van der Waals surface area (Å²) in [7, 11) is 2.73. The Morgan fingerprint density at radius 3 is 2.46 bits per heavy atom. The van der Waals surface area contributed by atoms with Crippen LogP contribution in [0.5, 0.6) is 17.2 Å². The van der Waals surface area contributed by atoms with Gasteiger partial charge in [-0.2, -0.15) is 0 Å². The second kappa shape index (κ2) is 16.0. The van der Waals surface area contributed by atoms with Gasteiger partial charge >= 0.3 is 0 Å². The zero-order valence-corrected chi connectivity index (χ0v) is 32.0. The maximum Gasteiger partial charge on any atom is 0.253 e. The molecule has 11 N–H and O–H groups in total. The number of aromatic hydroxyl groups is 1. The molecule has 4 aliphatic rings. The average Bonchev–Trinajstić information content (AvgIpc) is 3.54. The first kappa shape index (κ1) is 41.2. The third-order valence-corrected chi connectivity index (χ3v) is 11.5. The fourth-order valence-electron chi connectivity index (χ4n) is 8.52. The number of aryl methyl sites for hydroxylation is 1. The summed E-state index contributed by atoms with van der Waals surface area (Å²) in [6.07, 6.45) is -3.20. The number of hydrogen-bond donors (Lipinski definition) is 9. The van der Waals surface area contributed by atoms with Crippen LogP contribution in [0.15, 0.2) is 47.6 Å². The number of ketones is 2. The molecule has 0 radical (unpaired) electrons. The van der Waals surface area contributed by atoms with E-state index in [2.05, 4.69) is 15.3 Å². The number of hydrogen-bond acceptors (Lipinski definition) is 16. The van der Waals surface area contributed by atoms with Crippen molar-refractivity contribution in [3.63, 3.8) is 0 Å². The Bertz CT molecular complexity index is 2280. The van der Waals surface area contributed by atoms with Crippen molar-refractivity contribution >= 4 is 35.2 Å². The van der Waals surface area contributed by atoms with Crippen molar-refractivity contribution in [1.82, 2.24) is 15.2 Å². The molecule has 19 nitrogen and oxygen atoms in total. The summed E-state index contributed by atoms with van der Waals surface area (Å²) in [5.41, 5.74) is 9.49. The fraction of sp³-hybridized carbons (Fsp3) is 0.400. The van der Waals surface area contributed by atoms with E-state index < -0.39 is 102 Å². The lowest BCUT2D eigenvalue weighted by Gasteiger charge is -2.49. The molecule has 59 heavy (non-hydrogen) atoms. The molecule has 2 aliphatic heterocycles. The Kier molecular flexibility index (Phi) is 11.2. The highest BCUT2D eigenvalue weighted by molar-refractivity contribution is 6.31. The van der Waals surface area contributed by atoms with E-state index in [0.29, 0.717) is 36.0 Å². The summed E-state index contributed by atoms with van der Waals surface area (Å²) in [5, 5.41) is 71.2. The number of anilines is 1. The third kappa shape index (κ3) is 7.04. The third-order valence-electron chi connectivity index (χ3n) is 11.5. The quantitative estimate of drug-likeness (QED) is 0.0509. The van der Waals surface area contributed by atoms with E-state index >= 15 is 0 Å². The molecule has 1 saturated heterocycles. The molecule has 3 aromatic rings. The first-order valence-electron chi connectivity index (χ1n) is 18.7. The smallest absolute Gasteiger partial charge is 0.253 e. The zero-order chi connectivity index (χ0) is 42.5. The van der Waals surface area contributed by atoms with Gasteiger partial charge < -0.3 is 61.6 Å². The van der Waals surface area contributed by atoms with E-state index in [0.717, 1.165) is 23.1 Å². The normalized spacial score (nSPS) is 25.7. The molecule has 312 valence electrons. The number of aromatic nitrogens is 1. The van der Waals surface area contributed by atoms with Crippen LogP contribution in [0.1, 0.15) is 85.3 Å². The lowest BCUT2D eigenvalue weighted by Crippen LogP contribution is -2.68. The molecule has 19 heteroatoms. The first-order chi connectivity index (χ1) is 28.2. The SMILES string of the molecule is CN=C(N)N[C@@H]1CCCc2cc3c(c(O)c21)C(=O)c1c(O[C@@H]2O[C@H](CO)[C@](O)(C[C@H](CN4C(=O)C=CC4=O)c4ccnc(N)c4)[C@H](O)[C@H]2O)cc(OC)c(CO)c1C3=O. The standard InChI is InChI=1S/C40H44N6O13/c1-43-39(42)45-22-5-3-4-18-10-20-31(34(52)29(18)22)35(53)32-24(12-23(57-2)21(15-47)30(32)33(20)51)58-38-36(54)37(55)40(56,25(16-48)59-38)13-19(17-8-9-44-26(41)11-17)14-46-27(49)6-7-28(46)50/h6-12,19,22,25,36-38,47-48,52,54-56H,3-5,13-16H2,1-2H3,(H2,41,44)(H3,42,43,45)/t19-,22-,25-,36-,37-,38-,40-/m1/s1. The minimum atomic E-state index is -2.47. The highest BCUT2D eigenvalue weighted by Gasteiger charge is 2.57. The number of methoxy groups -OCH3 is 1. The van der Waals surface area contributed by atoms with Crippen LogP contribution in [-0.4, -0.2) is 127 Å². The van der Waals surface area contributed by atoms with Crippen LogP contribution in [0.3, 0.4) is 0 Å². The van der Waals surface area contributed by atoms with Crippen molar-refractivity contribution in [3.05, 3.63) is 87.1 Å². The van der Waals surface area contributed by atoms with Crippen LogP contribution >= 0.6 is 0 Å². The second-order valence-corrected chi connectivity index (χ2v) is 14.8. The van der Waals surface area contributed by atoms with Crippen molar-refractivity contribution in [2.45, 2.75) is 74.5 Å². The number of rotatable bonds is 11. The number of aliphatic hydroxyl groups is 5. The molecule has 3 heterocycles. The summed E-state index contributed by atoms with van der Waals surface area (Å²) in [6.45, 7) is -2.01. The van der Waals surface area contributed by atoms with Crippen LogP contribution in [0.25, 0.3) is 0 Å². The number of aliphatic imine (C=N–C) groups is 1. The van der Waals surface area contributed by atoms with Gasteiger partial charge in [0.05, 0.1) is 37.5 Å². The molecule has 0 spiro atoms. The Morgan fingerprint density at radius 2 is 1.81 bits per heavy atom. The number of phenolic OH excluding ortho intramolecular Hbond substituents is 1. The summed E-state index contributed by atoms with van der Waals surface area (Å²) in [5.74, 6) is -4.63. The van der Waals surface area contributed by atoms with Crippen molar-refractivity contribution in [2.24, 2.45) is 10.7 Å². The van der Waals surface area contributed by atoms with Crippen LogP contribution in [0, 0.1) is 0 Å². The largest absolute Gasteiger partial charge is 0.507 e. The van der Waals surface area contributed by atoms with E-state index in [-0.39, 0.29) is 46.3 Å². The van der Waals surface area contributed by atoms with Gasteiger partial charge in [0.25, 0.3) is 11.8 Å². The number of nitrogen functional groups attached to an aromatic ring is 1. The predicted molar refractivity (Wildman–Crippen MR) is 205 cm³/mol. The Morgan fingerprint density at radius 1 is 1.08 bits per heavy atom. The van der Waals surface area contributed by atoms with Crippen molar-refractivity contribution in [2.75, 3.05) is 33.0 Å². The van der Waals surface area contributed by atoms with Gasteiger partial charge in [-0.05, 0) is 55.0 Å². The van der Waals surface area contributed by atoms with Crippen LogP contribution in [0.4, 0.5) is 5.82 Å². The highest BCUT2D eigenvalue weighted by atomic mass is 16.7. The molecule has 1 fully saturated rings. The van der Waals surface area contributed by atoms with Gasteiger partial charge in [0, 0.05) is 66.2 Å². The Labute approximate surface area is 336 Å². The maximum atomic E-state index is 14.6. The molecule has 0 unspecified atom stereocenters. The summed E-state index contributed by atoms with van der Waals surface area (Å²) in [6, 6.07) is 5.11. The number of nitrogens with zero attached hydrogens (tertiary/aromatic N) is 3. The molecule has 2 aliphatic carbocycles. The lowest BCUT2D eigenvalue weighted by atomic mass is 9.75. The number of fused-ring (bicyclic) bond motifs is 3. The van der Waals surface area contributed by atoms with E-state index in [9.17, 15) is 49.8 Å². The predicted octanol–water partition coefficient (Wildman–Crippen LogP) is -0.795. The number of carbonyl (C=O) groups is 4. The minimum absolute atomic E-state index is 0.0664. The molecule has 0 saturated carbocycles. The van der Waals surface area contributed by atoms with E-state index in [4.69, 9.17) is 25.7 Å². The summed E-state index contributed by atoms with van der Waals surface area (Å²) in [4.78, 5) is 62.9. The van der Waals surface area contributed by atoms with Gasteiger partial charge in [0.1, 0.15) is 47.0 Å². The fourth-order valence-corrected chi connectivity index (χ4v) is 8.52. The van der Waals surface area contributed by atoms with Gasteiger partial charge in [0.2, 0.25) is 12.1 Å². The van der Waals surface area contributed by atoms with E-state index in [1.165, 1.54) is 38.6 Å². The average molecular weight is 817 g/mol. The molecule has 7 rings (SSSR count). The molecular formula is C40H44N6O13. The van der Waals surface area contributed by atoms with Gasteiger partial charge in [-0.25, -0.2) is 4.98 Å². The van der Waals surface area contributed by atoms with Crippen molar-refractivity contribution < 1.29 is 64.0 Å². The molecule has 7 atom stereocenters. The number of guanidine groups is 1. The highest BCUT2D eigenvalue weighted by Crippen LogP contribution is 2.48. The van der Waals surface area contributed by atoms with Gasteiger partial charge in [-0.3, -0.25) is 29.1 Å². The number of carbonyl (C=O) groups excluding carboxylic acids is 4. The van der Waals surface area contributed by atoms with E-state index in [1.807, 2.05) is 0 Å². The van der Waals surface area contributed by atoms with Crippen LogP contribution in [0.2, 0.25) is 0 Å². The molecule has 2 amide bonds. The summed E-state index contributed by atoms with van der Waals surface area (Å²) < 4.78 is 17.5. The lowest BCUT2D eigenvalue weighted by molar-refractivity contribution is -0.315. The number of phenols is 1. The monoisotopic (exact) mass is 816 g/mol. The zero-order valence-electron chi connectivity index (χ0n) is 32.0. The minimum Gasteiger partial charge on any atom is -0.507 e. The maximum absolute atomic E-state index is 14.6. The summed E-state index contributed by atoms with van der Waals surface area (Å²) >= 11 is 0. The van der Waals surface area contributed by atoms with Gasteiger partial charge in [0.15, 0.2) is 11.7 Å². The number of amides is 2. The van der Waals surface area contributed by atoms with Crippen molar-refractivity contribution in [1.29, 1.82) is 0 Å². The number of imide groups is 1. The number of pyridine rings is 1. The van der Waals surface area contributed by atoms with Crippen LogP contribution < -0.4 is 26.3 Å². The molecule has 2 aromatic carbocycles. The Hall–Kier alpha value is -5.96.